The van der Waals surface area contributed by atoms with Crippen molar-refractivity contribution in [1.82, 2.24) is 0 Å². The van der Waals surface area contributed by atoms with Crippen molar-refractivity contribution < 1.29 is 30.0 Å². The Morgan fingerprint density at radius 3 is 1.77 bits per heavy atom. The van der Waals surface area contributed by atoms with Gasteiger partial charge in [-0.05, 0) is 6.42 Å². The molecule has 0 spiro atoms. The Labute approximate surface area is 131 Å². The lowest BCUT2D eigenvalue weighted by molar-refractivity contribution is -0.156. The van der Waals surface area contributed by atoms with Crippen LogP contribution >= 0.6 is 0 Å². The summed E-state index contributed by atoms with van der Waals surface area (Å²) in [7, 11) is 0. The maximum atomic E-state index is 10.5. The van der Waals surface area contributed by atoms with Crippen molar-refractivity contribution in [1.29, 1.82) is 0 Å². The van der Waals surface area contributed by atoms with E-state index in [1.165, 1.54) is 19.3 Å². The van der Waals surface area contributed by atoms with Gasteiger partial charge in [0, 0.05) is 12.5 Å². The normalized spacial score (nSPS) is 10.3. The van der Waals surface area contributed by atoms with E-state index in [1.807, 2.05) is 0 Å². The second-order valence-corrected chi connectivity index (χ2v) is 5.01. The van der Waals surface area contributed by atoms with Crippen molar-refractivity contribution in [2.75, 3.05) is 0 Å². The highest BCUT2D eigenvalue weighted by Crippen LogP contribution is 2.20. The second kappa shape index (κ2) is 13.0. The molecule has 0 aliphatic heterocycles. The third-order valence-corrected chi connectivity index (χ3v) is 3.05. The molecule has 0 aliphatic carbocycles. The Balaban J connectivity index is 0. The van der Waals surface area contributed by atoms with Crippen LogP contribution < -0.4 is 0 Å². The lowest BCUT2D eigenvalue weighted by Crippen LogP contribution is -2.33. The second-order valence-electron chi connectivity index (χ2n) is 5.01. The van der Waals surface area contributed by atoms with Crippen molar-refractivity contribution in [3.63, 3.8) is 0 Å². The van der Waals surface area contributed by atoms with Crippen LogP contribution in [0.1, 0.15) is 58.3 Å². The molecule has 0 bridgehead atoms. The highest BCUT2D eigenvalue weighted by molar-refractivity contribution is 5.87. The Bertz CT molecular complexity index is 360. The minimum atomic E-state index is -2.27. The van der Waals surface area contributed by atoms with Crippen LogP contribution in [0.3, 0.4) is 0 Å². The maximum Gasteiger partial charge on any atom is 0.336 e. The summed E-state index contributed by atoms with van der Waals surface area (Å²) in [5.41, 5.74) is -0.552. The number of hydrogen-bond donors (Lipinski definition) is 4. The maximum absolute atomic E-state index is 10.5. The van der Waals surface area contributed by atoms with Gasteiger partial charge in [0.05, 0.1) is 5.57 Å². The van der Waals surface area contributed by atoms with E-state index in [2.05, 4.69) is 20.1 Å². The molecule has 0 fully saturated rings. The molecule has 0 aromatic heterocycles. The van der Waals surface area contributed by atoms with Gasteiger partial charge in [-0.1, -0.05) is 58.6 Å². The van der Waals surface area contributed by atoms with Crippen LogP contribution in [0.4, 0.5) is 0 Å². The van der Waals surface area contributed by atoms with Crippen LogP contribution in [0.5, 0.6) is 0 Å². The fraction of sp³-hybridized carbons (Fsp3) is 0.625. The quantitative estimate of drug-likeness (QED) is 0.265. The van der Waals surface area contributed by atoms with E-state index in [1.54, 1.807) is 0 Å². The zero-order valence-electron chi connectivity index (χ0n) is 13.3. The largest absolute Gasteiger partial charge is 0.478 e. The molecule has 6 nitrogen and oxygen atoms in total. The van der Waals surface area contributed by atoms with Crippen molar-refractivity contribution in [3.8, 4) is 0 Å². The molecule has 0 amide bonds. The van der Waals surface area contributed by atoms with Gasteiger partial charge in [0.1, 0.15) is 0 Å². The minimum absolute atomic E-state index is 0.0336. The first kappa shape index (κ1) is 22.6. The van der Waals surface area contributed by atoms with Gasteiger partial charge in [-0.2, -0.15) is 0 Å². The predicted octanol–water partition coefficient (Wildman–Crippen LogP) is 2.71. The third-order valence-electron chi connectivity index (χ3n) is 3.05. The Hall–Kier alpha value is -1.66. The summed E-state index contributed by atoms with van der Waals surface area (Å²) < 4.78 is 0. The van der Waals surface area contributed by atoms with Crippen molar-refractivity contribution in [3.05, 3.63) is 24.8 Å². The molecule has 22 heavy (non-hydrogen) atoms. The molecule has 0 heterocycles. The molecule has 0 saturated heterocycles. The van der Waals surface area contributed by atoms with E-state index >= 15 is 0 Å². The first-order valence-corrected chi connectivity index (χ1v) is 7.41. The smallest absolute Gasteiger partial charge is 0.336 e. The number of carbonyl (C=O) groups is 2. The van der Waals surface area contributed by atoms with E-state index < -0.39 is 23.3 Å². The van der Waals surface area contributed by atoms with Gasteiger partial charge in [0.15, 0.2) is 5.79 Å². The van der Waals surface area contributed by atoms with Crippen LogP contribution in [0.2, 0.25) is 0 Å². The lowest BCUT2D eigenvalue weighted by atomic mass is 9.99. The fourth-order valence-electron chi connectivity index (χ4n) is 1.65. The molecular formula is C16H28O6. The van der Waals surface area contributed by atoms with Crippen molar-refractivity contribution in [2.24, 2.45) is 0 Å². The van der Waals surface area contributed by atoms with Gasteiger partial charge in [0.2, 0.25) is 0 Å². The van der Waals surface area contributed by atoms with Crippen molar-refractivity contribution >= 4 is 11.9 Å². The SMILES string of the molecule is C=C(C(=O)O)C(O)(O)CCCCCCCCC.C=CC(=O)O. The van der Waals surface area contributed by atoms with E-state index in [9.17, 15) is 19.8 Å². The molecule has 4 N–H and O–H groups in total. The van der Waals surface area contributed by atoms with Gasteiger partial charge in [-0.15, -0.1) is 0 Å². The summed E-state index contributed by atoms with van der Waals surface area (Å²) in [6, 6.07) is 0. The fourth-order valence-corrected chi connectivity index (χ4v) is 1.65. The van der Waals surface area contributed by atoms with Crippen molar-refractivity contribution in [2.45, 2.75) is 64.1 Å². The highest BCUT2D eigenvalue weighted by Gasteiger charge is 2.30. The first-order valence-electron chi connectivity index (χ1n) is 7.41. The first-order chi connectivity index (χ1) is 10.2. The van der Waals surface area contributed by atoms with E-state index in [4.69, 9.17) is 10.2 Å². The Morgan fingerprint density at radius 2 is 1.41 bits per heavy atom. The van der Waals surface area contributed by atoms with Gasteiger partial charge in [-0.25, -0.2) is 9.59 Å². The minimum Gasteiger partial charge on any atom is -0.478 e. The number of rotatable bonds is 11. The van der Waals surface area contributed by atoms with Crippen LogP contribution in [0, 0.1) is 0 Å². The number of carboxylic acid groups (broad SMARTS) is 2. The average Bonchev–Trinajstić information content (AvgIpc) is 2.45. The van der Waals surface area contributed by atoms with Crippen LogP contribution in [-0.2, 0) is 9.59 Å². The summed E-state index contributed by atoms with van der Waals surface area (Å²) in [6.07, 6.45) is 8.21. The molecule has 0 unspecified atom stereocenters. The molecule has 0 atom stereocenters. The number of carboxylic acids is 2. The monoisotopic (exact) mass is 316 g/mol. The summed E-state index contributed by atoms with van der Waals surface area (Å²) >= 11 is 0. The van der Waals surface area contributed by atoms with E-state index in [-0.39, 0.29) is 6.42 Å². The third kappa shape index (κ3) is 13.3. The molecule has 0 rings (SSSR count). The topological polar surface area (TPSA) is 115 Å². The summed E-state index contributed by atoms with van der Waals surface area (Å²) in [5, 5.41) is 35.1. The standard InChI is InChI=1S/C13H24O4.C3H4O2/c1-3-4-5-6-7-8-9-10-13(16,17)11(2)12(14)15;1-2-3(4)5/h16-17H,2-10H2,1H3,(H,14,15);2H,1H2,(H,4,5). The van der Waals surface area contributed by atoms with E-state index in [0.717, 1.165) is 25.3 Å². The molecule has 0 aliphatic rings. The molecular weight excluding hydrogens is 288 g/mol. The van der Waals surface area contributed by atoms with Gasteiger partial charge >= 0.3 is 11.9 Å². The lowest BCUT2D eigenvalue weighted by Gasteiger charge is -2.21. The Morgan fingerprint density at radius 1 is 1.00 bits per heavy atom. The zero-order valence-corrected chi connectivity index (χ0v) is 13.3. The van der Waals surface area contributed by atoms with Crippen LogP contribution in [-0.4, -0.2) is 38.2 Å². The average molecular weight is 316 g/mol. The number of hydrogen-bond acceptors (Lipinski definition) is 4. The molecule has 0 radical (unpaired) electrons. The van der Waals surface area contributed by atoms with Crippen LogP contribution in [0.15, 0.2) is 24.8 Å². The number of unbranched alkanes of at least 4 members (excludes halogenated alkanes) is 6. The molecule has 128 valence electrons. The van der Waals surface area contributed by atoms with Gasteiger partial charge < -0.3 is 20.4 Å². The zero-order chi connectivity index (χ0) is 17.6. The highest BCUT2D eigenvalue weighted by atomic mass is 16.5. The summed E-state index contributed by atoms with van der Waals surface area (Å²) in [5.74, 6) is -4.61. The van der Waals surface area contributed by atoms with E-state index in [0.29, 0.717) is 6.42 Å². The summed E-state index contributed by atoms with van der Waals surface area (Å²) in [6.45, 7) is 8.28. The summed E-state index contributed by atoms with van der Waals surface area (Å²) in [4.78, 5) is 19.8. The van der Waals surface area contributed by atoms with Gasteiger partial charge in [-0.3, -0.25) is 0 Å². The molecule has 6 heteroatoms. The molecule has 0 aromatic rings. The van der Waals surface area contributed by atoms with Gasteiger partial charge in [0.25, 0.3) is 0 Å². The molecule has 0 aromatic carbocycles. The van der Waals surface area contributed by atoms with Crippen LogP contribution in [0.25, 0.3) is 0 Å². The Kier molecular flexibility index (Phi) is 13.4. The predicted molar refractivity (Wildman–Crippen MR) is 84.4 cm³/mol. The number of aliphatic carboxylic acids is 2. The molecule has 0 saturated carbocycles. The number of aliphatic hydroxyl groups is 2.